The van der Waals surface area contributed by atoms with Crippen molar-refractivity contribution in [1.82, 2.24) is 4.98 Å². The van der Waals surface area contributed by atoms with Crippen molar-refractivity contribution in [3.63, 3.8) is 0 Å². The van der Waals surface area contributed by atoms with Crippen molar-refractivity contribution < 1.29 is 23.4 Å². The van der Waals surface area contributed by atoms with Crippen molar-refractivity contribution >= 4 is 49.9 Å². The van der Waals surface area contributed by atoms with Gasteiger partial charge in [0.25, 0.3) is 5.91 Å². The van der Waals surface area contributed by atoms with Crippen LogP contribution in [0.5, 0.6) is 17.2 Å². The van der Waals surface area contributed by atoms with E-state index in [1.165, 1.54) is 28.4 Å². The minimum absolute atomic E-state index is 0.00195. The number of nitrogens with zero attached hydrogens (tertiary/aromatic N) is 2. The molecule has 0 saturated heterocycles. The summed E-state index contributed by atoms with van der Waals surface area (Å²) in [5, 5.41) is 0.424. The summed E-state index contributed by atoms with van der Waals surface area (Å²) in [4.78, 5) is 20.0. The number of amides is 1. The van der Waals surface area contributed by atoms with E-state index in [0.29, 0.717) is 47.9 Å². The molecule has 1 amide bonds. The van der Waals surface area contributed by atoms with Crippen LogP contribution in [-0.2, 0) is 0 Å². The third-order valence-electron chi connectivity index (χ3n) is 4.99. The summed E-state index contributed by atoms with van der Waals surface area (Å²) in [6.07, 6.45) is 0. The fourth-order valence-electron chi connectivity index (χ4n) is 3.56. The van der Waals surface area contributed by atoms with Gasteiger partial charge >= 0.3 is 0 Å². The highest BCUT2D eigenvalue weighted by Gasteiger charge is 2.28. The molecule has 0 saturated carbocycles. The molecule has 0 N–H and O–H groups in total. The van der Waals surface area contributed by atoms with Gasteiger partial charge in [0, 0.05) is 12.1 Å². The number of benzene rings is 3. The number of fused-ring (bicyclic) bond motifs is 1. The Morgan fingerprint density at radius 1 is 0.971 bits per heavy atom. The van der Waals surface area contributed by atoms with Gasteiger partial charge in [0.2, 0.25) is 5.75 Å². The molecule has 0 fully saturated rings. The summed E-state index contributed by atoms with van der Waals surface area (Å²) in [6, 6.07) is 14.7. The van der Waals surface area contributed by atoms with Crippen LogP contribution in [0.15, 0.2) is 54.6 Å². The van der Waals surface area contributed by atoms with E-state index in [0.717, 1.165) is 16.3 Å². The van der Waals surface area contributed by atoms with E-state index in [9.17, 15) is 9.18 Å². The first-order chi connectivity index (χ1) is 17.0. The first kappa shape index (κ1) is 24.8. The fraction of sp³-hybridized carbons (Fsp3) is 0.231. The normalized spacial score (nSPS) is 10.9. The molecule has 4 aromatic rings. The molecule has 0 aliphatic heterocycles. The zero-order chi connectivity index (χ0) is 24.9. The van der Waals surface area contributed by atoms with Crippen LogP contribution in [0.2, 0.25) is 5.02 Å². The Labute approximate surface area is 211 Å². The first-order valence-corrected chi connectivity index (χ1v) is 12.4. The van der Waals surface area contributed by atoms with Crippen molar-refractivity contribution in [2.45, 2.75) is 20.8 Å². The van der Waals surface area contributed by atoms with E-state index < -0.39 is 11.7 Å². The molecule has 0 aliphatic carbocycles. The van der Waals surface area contributed by atoms with Crippen LogP contribution in [0, 0.1) is 5.82 Å². The molecule has 182 valence electrons. The molecule has 1 heterocycles. The van der Waals surface area contributed by atoms with Crippen LogP contribution >= 0.6 is 22.9 Å². The zero-order valence-electron chi connectivity index (χ0n) is 19.5. The number of para-hydroxylation sites is 1. The van der Waals surface area contributed by atoms with Crippen molar-refractivity contribution in [2.24, 2.45) is 0 Å². The maximum atomic E-state index is 13.9. The van der Waals surface area contributed by atoms with E-state index >= 15 is 0 Å². The van der Waals surface area contributed by atoms with Gasteiger partial charge in [0.15, 0.2) is 16.6 Å². The van der Waals surface area contributed by atoms with Gasteiger partial charge in [-0.15, -0.1) is 0 Å². The van der Waals surface area contributed by atoms with Gasteiger partial charge in [-0.05, 0) is 51.1 Å². The van der Waals surface area contributed by atoms with Gasteiger partial charge in [-0.25, -0.2) is 9.37 Å². The molecule has 6 nitrogen and oxygen atoms in total. The lowest BCUT2D eigenvalue weighted by atomic mass is 10.1. The van der Waals surface area contributed by atoms with E-state index in [-0.39, 0.29) is 10.6 Å². The summed E-state index contributed by atoms with van der Waals surface area (Å²) in [6.45, 7) is 6.76. The predicted molar refractivity (Wildman–Crippen MR) is 137 cm³/mol. The first-order valence-electron chi connectivity index (χ1n) is 11.2. The fourth-order valence-corrected chi connectivity index (χ4v) is 4.79. The average molecular weight is 515 g/mol. The summed E-state index contributed by atoms with van der Waals surface area (Å²) in [5.41, 5.74) is 1.33. The lowest BCUT2D eigenvalue weighted by Gasteiger charge is -2.24. The molecule has 35 heavy (non-hydrogen) atoms. The van der Waals surface area contributed by atoms with E-state index in [2.05, 4.69) is 4.98 Å². The number of ether oxygens (including phenoxy) is 3. The Hall–Kier alpha value is -3.36. The molecule has 0 bridgehead atoms. The molecular weight excluding hydrogens is 491 g/mol. The summed E-state index contributed by atoms with van der Waals surface area (Å²) < 4.78 is 32.1. The van der Waals surface area contributed by atoms with Crippen LogP contribution in [0.3, 0.4) is 0 Å². The number of anilines is 2. The number of hydrogen-bond donors (Lipinski definition) is 0. The molecule has 0 atom stereocenters. The van der Waals surface area contributed by atoms with Crippen molar-refractivity contribution in [1.29, 1.82) is 0 Å². The zero-order valence-corrected chi connectivity index (χ0v) is 21.1. The van der Waals surface area contributed by atoms with Crippen molar-refractivity contribution in [3.05, 3.63) is 71.0 Å². The number of halogens is 2. The number of carbonyl (C=O) groups is 1. The molecule has 1 aromatic heterocycles. The van der Waals surface area contributed by atoms with Crippen LogP contribution in [0.1, 0.15) is 31.1 Å². The van der Waals surface area contributed by atoms with E-state index in [1.54, 1.807) is 12.1 Å². The third-order valence-corrected chi connectivity index (χ3v) is 6.32. The van der Waals surface area contributed by atoms with Gasteiger partial charge in [-0.3, -0.25) is 9.69 Å². The van der Waals surface area contributed by atoms with Gasteiger partial charge < -0.3 is 14.2 Å². The lowest BCUT2D eigenvalue weighted by Crippen LogP contribution is -2.26. The van der Waals surface area contributed by atoms with Gasteiger partial charge in [0.05, 0.1) is 46.3 Å². The lowest BCUT2D eigenvalue weighted by molar-refractivity contribution is 0.0999. The topological polar surface area (TPSA) is 60.9 Å². The highest BCUT2D eigenvalue weighted by molar-refractivity contribution is 7.22. The molecule has 0 spiro atoms. The maximum absolute atomic E-state index is 13.9. The molecule has 0 aliphatic rings. The molecule has 3 aromatic carbocycles. The van der Waals surface area contributed by atoms with Crippen molar-refractivity contribution in [3.8, 4) is 17.2 Å². The van der Waals surface area contributed by atoms with Gasteiger partial charge in [-0.2, -0.15) is 0 Å². The standard InChI is InChI=1S/C26H24ClFN2O4S/c1-4-32-21-14-17(15-22(33-5-2)24(21)34-6-3)30(25(31)18-12-11-16(28)13-19(18)27)26-29-20-9-7-8-10-23(20)35-26/h7-15H,4-6H2,1-3H3. The minimum atomic E-state index is -0.531. The van der Waals surface area contributed by atoms with E-state index in [4.69, 9.17) is 25.8 Å². The smallest absolute Gasteiger partial charge is 0.266 e. The van der Waals surface area contributed by atoms with Gasteiger partial charge in [0.1, 0.15) is 5.82 Å². The Morgan fingerprint density at radius 2 is 1.63 bits per heavy atom. The number of rotatable bonds is 9. The van der Waals surface area contributed by atoms with E-state index in [1.807, 2.05) is 45.0 Å². The van der Waals surface area contributed by atoms with Crippen LogP contribution in [0.25, 0.3) is 10.2 Å². The number of thiazole rings is 1. The molecule has 4 rings (SSSR count). The van der Waals surface area contributed by atoms with Crippen LogP contribution < -0.4 is 19.1 Å². The maximum Gasteiger partial charge on any atom is 0.266 e. The Morgan fingerprint density at radius 3 is 2.23 bits per heavy atom. The molecule has 0 unspecified atom stereocenters. The second-order valence-electron chi connectivity index (χ2n) is 7.30. The highest BCUT2D eigenvalue weighted by atomic mass is 35.5. The number of hydrogen-bond acceptors (Lipinski definition) is 6. The number of carbonyl (C=O) groups excluding carboxylic acids is 1. The third kappa shape index (κ3) is 5.18. The Balaban J connectivity index is 1.94. The monoisotopic (exact) mass is 514 g/mol. The van der Waals surface area contributed by atoms with Crippen LogP contribution in [0.4, 0.5) is 15.2 Å². The molecule has 0 radical (unpaired) electrons. The molecular formula is C26H24ClFN2O4S. The quantitative estimate of drug-likeness (QED) is 0.235. The SMILES string of the molecule is CCOc1cc(N(C(=O)c2ccc(F)cc2Cl)c2nc3ccccc3s2)cc(OCC)c1OCC. The van der Waals surface area contributed by atoms with Gasteiger partial charge in [-0.1, -0.05) is 35.1 Å². The second-order valence-corrected chi connectivity index (χ2v) is 8.72. The van der Waals surface area contributed by atoms with Crippen molar-refractivity contribution in [2.75, 3.05) is 24.7 Å². The number of aromatic nitrogens is 1. The highest BCUT2D eigenvalue weighted by Crippen LogP contribution is 2.45. The van der Waals surface area contributed by atoms with Crippen LogP contribution in [-0.4, -0.2) is 30.7 Å². The Bertz CT molecular complexity index is 1300. The Kier molecular flexibility index (Phi) is 7.73. The largest absolute Gasteiger partial charge is 0.490 e. The minimum Gasteiger partial charge on any atom is -0.490 e. The summed E-state index contributed by atoms with van der Waals surface area (Å²) >= 11 is 7.63. The average Bonchev–Trinajstić information content (AvgIpc) is 3.25. The molecule has 9 heteroatoms. The predicted octanol–water partition coefficient (Wildman–Crippen LogP) is 7.26. The summed E-state index contributed by atoms with van der Waals surface area (Å²) in [5.74, 6) is 0.315. The summed E-state index contributed by atoms with van der Waals surface area (Å²) in [7, 11) is 0. The second kappa shape index (κ2) is 10.9.